The molecule has 2 aromatic carbocycles. The van der Waals surface area contributed by atoms with E-state index in [1.165, 1.54) is 28.8 Å². The maximum atomic E-state index is 12.2. The van der Waals surface area contributed by atoms with Crippen LogP contribution in [0.5, 0.6) is 5.75 Å². The minimum Gasteiger partial charge on any atom is -0.494 e. The molecule has 1 aromatic heterocycles. The number of amides is 2. The molecule has 2 aliphatic rings. The van der Waals surface area contributed by atoms with Crippen molar-refractivity contribution in [3.05, 3.63) is 70.9 Å². The molecule has 1 saturated heterocycles. The van der Waals surface area contributed by atoms with Crippen LogP contribution in [0.25, 0.3) is 10.4 Å². The number of ether oxygens (including phenoxy) is 3. The van der Waals surface area contributed by atoms with Crippen molar-refractivity contribution < 1.29 is 28.6 Å². The molecule has 1 saturated carbocycles. The van der Waals surface area contributed by atoms with Gasteiger partial charge in [-0.15, -0.1) is 11.3 Å². The Morgan fingerprint density at radius 2 is 1.65 bits per heavy atom. The smallest absolute Gasteiger partial charge is 0.246 e. The summed E-state index contributed by atoms with van der Waals surface area (Å²) in [6, 6.07) is 16.3. The van der Waals surface area contributed by atoms with Gasteiger partial charge < -0.3 is 29.6 Å². The number of nitrogens with zero attached hydrogens (tertiary/aromatic N) is 2. The number of likely N-dealkylation sites (N-methyl/N-ethyl adjacent to an activating group) is 1. The number of thiazole rings is 1. The second kappa shape index (κ2) is 22.7. The summed E-state index contributed by atoms with van der Waals surface area (Å²) < 4.78 is 16.7. The van der Waals surface area contributed by atoms with Gasteiger partial charge in [-0.3, -0.25) is 14.5 Å². The fraction of sp³-hybridized carbons (Fsp3) is 0.581. The molecule has 2 atom stereocenters. The van der Waals surface area contributed by atoms with Gasteiger partial charge in [-0.25, -0.2) is 4.98 Å². The van der Waals surface area contributed by atoms with Gasteiger partial charge in [0.1, 0.15) is 18.6 Å². The van der Waals surface area contributed by atoms with E-state index in [0.29, 0.717) is 44.8 Å². The molecule has 2 amide bonds. The molecule has 2 N–H and O–H groups in total. The Hall–Kier alpha value is -3.64. The number of rotatable bonds is 18. The van der Waals surface area contributed by atoms with Crippen LogP contribution in [0.3, 0.4) is 0 Å². The van der Waals surface area contributed by atoms with Crippen LogP contribution in [-0.4, -0.2) is 86.7 Å². The average Bonchev–Trinajstić information content (AvgIpc) is 3.53. The first-order chi connectivity index (χ1) is 25.9. The van der Waals surface area contributed by atoms with E-state index in [1.54, 1.807) is 11.3 Å². The SMILES string of the molecule is CC.CC1(c2ccc(OCCCOCCCOCC(=O)NC(C=O)C(C)(C)C)cc2)CC1.Cc1ncsc1-c1ccc(CNC(=O)C2CCCN2C)cc1. The quantitative estimate of drug-likeness (QED) is 0.101. The highest BCUT2D eigenvalue weighted by atomic mass is 32.1. The van der Waals surface area contributed by atoms with Crippen molar-refractivity contribution >= 4 is 29.4 Å². The summed E-state index contributed by atoms with van der Waals surface area (Å²) in [6.45, 7) is 17.9. The molecule has 0 spiro atoms. The maximum Gasteiger partial charge on any atom is 0.246 e. The second-order valence-corrected chi connectivity index (χ2v) is 16.0. The molecular formula is C43H64N4O6S. The number of carbonyl (C=O) groups is 3. The van der Waals surface area contributed by atoms with Gasteiger partial charge in [0.2, 0.25) is 11.8 Å². The van der Waals surface area contributed by atoms with Gasteiger partial charge in [0.25, 0.3) is 0 Å². The van der Waals surface area contributed by atoms with E-state index in [9.17, 15) is 14.4 Å². The van der Waals surface area contributed by atoms with E-state index < -0.39 is 6.04 Å². The zero-order chi connectivity index (χ0) is 39.6. The van der Waals surface area contributed by atoms with Crippen LogP contribution in [0.4, 0.5) is 0 Å². The zero-order valence-electron chi connectivity index (χ0n) is 33.9. The van der Waals surface area contributed by atoms with E-state index in [1.807, 2.05) is 66.2 Å². The first-order valence-corrected chi connectivity index (χ1v) is 20.4. The fourth-order valence-corrected chi connectivity index (χ4v) is 6.69. The fourth-order valence-electron chi connectivity index (χ4n) is 5.88. The van der Waals surface area contributed by atoms with Crippen LogP contribution in [0, 0.1) is 12.3 Å². The van der Waals surface area contributed by atoms with Gasteiger partial charge in [-0.05, 0) is 92.3 Å². The highest BCUT2D eigenvalue weighted by Crippen LogP contribution is 2.47. The largest absolute Gasteiger partial charge is 0.494 e. The van der Waals surface area contributed by atoms with Crippen molar-refractivity contribution in [2.45, 2.75) is 111 Å². The molecule has 1 aliphatic carbocycles. The number of aromatic nitrogens is 1. The molecule has 2 unspecified atom stereocenters. The summed E-state index contributed by atoms with van der Waals surface area (Å²) in [6.07, 6.45) is 6.93. The van der Waals surface area contributed by atoms with E-state index in [4.69, 9.17) is 14.2 Å². The molecule has 10 nitrogen and oxygen atoms in total. The zero-order valence-corrected chi connectivity index (χ0v) is 34.7. The molecule has 0 bridgehead atoms. The van der Waals surface area contributed by atoms with Crippen LogP contribution in [0.2, 0.25) is 0 Å². The summed E-state index contributed by atoms with van der Waals surface area (Å²) in [4.78, 5) is 42.7. The maximum absolute atomic E-state index is 12.2. The van der Waals surface area contributed by atoms with Gasteiger partial charge >= 0.3 is 0 Å². The van der Waals surface area contributed by atoms with Crippen molar-refractivity contribution in [1.82, 2.24) is 20.5 Å². The number of nitrogens with one attached hydrogen (secondary N) is 2. The second-order valence-electron chi connectivity index (χ2n) is 15.2. The van der Waals surface area contributed by atoms with E-state index in [0.717, 1.165) is 49.1 Å². The van der Waals surface area contributed by atoms with Crippen LogP contribution >= 0.6 is 11.3 Å². The van der Waals surface area contributed by atoms with Crippen molar-refractivity contribution in [2.75, 3.05) is 46.6 Å². The van der Waals surface area contributed by atoms with Crippen LogP contribution < -0.4 is 15.4 Å². The lowest BCUT2D eigenvalue weighted by Gasteiger charge is -2.26. The number of benzene rings is 2. The summed E-state index contributed by atoms with van der Waals surface area (Å²) in [5, 5.41) is 5.73. The highest BCUT2D eigenvalue weighted by molar-refractivity contribution is 7.13. The summed E-state index contributed by atoms with van der Waals surface area (Å²) in [5.74, 6) is 0.764. The molecule has 2 fully saturated rings. The topological polar surface area (TPSA) is 119 Å². The predicted molar refractivity (Wildman–Crippen MR) is 218 cm³/mol. The highest BCUT2D eigenvalue weighted by Gasteiger charge is 2.38. The molecule has 298 valence electrons. The molecular weight excluding hydrogens is 701 g/mol. The average molecular weight is 765 g/mol. The summed E-state index contributed by atoms with van der Waals surface area (Å²) >= 11 is 1.66. The van der Waals surface area contributed by atoms with E-state index >= 15 is 0 Å². The Morgan fingerprint density at radius 3 is 2.20 bits per heavy atom. The monoisotopic (exact) mass is 764 g/mol. The number of hydrogen-bond donors (Lipinski definition) is 2. The molecule has 5 rings (SSSR count). The van der Waals surface area contributed by atoms with Crippen molar-refractivity contribution in [3.63, 3.8) is 0 Å². The van der Waals surface area contributed by atoms with Crippen LogP contribution in [-0.2, 0) is 35.8 Å². The Morgan fingerprint density at radius 1 is 1.00 bits per heavy atom. The minimum absolute atomic E-state index is 0.0408. The lowest BCUT2D eigenvalue weighted by molar-refractivity contribution is -0.129. The third kappa shape index (κ3) is 14.9. The van der Waals surface area contributed by atoms with Gasteiger partial charge in [-0.1, -0.05) is 77.9 Å². The molecule has 11 heteroatoms. The lowest BCUT2D eigenvalue weighted by Crippen LogP contribution is -2.46. The minimum atomic E-state index is -0.515. The lowest BCUT2D eigenvalue weighted by atomic mass is 9.88. The van der Waals surface area contributed by atoms with Crippen molar-refractivity contribution in [1.29, 1.82) is 0 Å². The van der Waals surface area contributed by atoms with Gasteiger partial charge in [0, 0.05) is 32.8 Å². The summed E-state index contributed by atoms with van der Waals surface area (Å²) in [7, 11) is 2.02. The Bertz CT molecular complexity index is 1550. The van der Waals surface area contributed by atoms with Gasteiger partial charge in [-0.2, -0.15) is 0 Å². The first-order valence-electron chi connectivity index (χ1n) is 19.5. The number of carbonyl (C=O) groups excluding carboxylic acids is 3. The van der Waals surface area contributed by atoms with Crippen molar-refractivity contribution in [2.24, 2.45) is 5.41 Å². The molecule has 1 aliphatic heterocycles. The third-order valence-electron chi connectivity index (χ3n) is 9.70. The molecule has 54 heavy (non-hydrogen) atoms. The van der Waals surface area contributed by atoms with Crippen LogP contribution in [0.15, 0.2) is 54.0 Å². The Labute approximate surface area is 327 Å². The number of aryl methyl sites for hydroxylation is 1. The first kappa shape index (κ1) is 44.8. The van der Waals surface area contributed by atoms with E-state index in [-0.39, 0.29) is 29.9 Å². The number of hydrogen-bond acceptors (Lipinski definition) is 9. The van der Waals surface area contributed by atoms with Crippen LogP contribution in [0.1, 0.15) is 96.9 Å². The third-order valence-corrected chi connectivity index (χ3v) is 10.7. The summed E-state index contributed by atoms with van der Waals surface area (Å²) in [5.41, 5.74) is 6.73. The predicted octanol–water partition coefficient (Wildman–Crippen LogP) is 7.52. The Kier molecular flexibility index (Phi) is 18.8. The van der Waals surface area contributed by atoms with Gasteiger partial charge in [0.05, 0.1) is 34.8 Å². The van der Waals surface area contributed by atoms with E-state index in [2.05, 4.69) is 63.8 Å². The number of aldehydes is 1. The molecule has 0 radical (unpaired) electrons. The standard InChI is InChI=1S/C24H37NO5.C17H21N3OS.C2H6/c1-23(2,3)21(17-26)25-22(27)18-29-15-5-13-28-14-6-16-30-20-9-7-19(8-10-20)24(4)11-12-24;1-12-16(22-11-19-12)14-7-5-13(6-8-14)10-18-17(21)15-4-3-9-20(15)2;1-2/h7-10,17,21H,5-6,11-16,18H2,1-4H3,(H,25,27);5-8,11,15H,3-4,9-10H2,1-2H3,(H,18,21);1-2H3. The molecule has 3 aromatic rings. The Balaban J connectivity index is 0.000000289. The number of likely N-dealkylation sites (tertiary alicyclic amines) is 1. The van der Waals surface area contributed by atoms with Crippen molar-refractivity contribution in [3.8, 4) is 16.2 Å². The normalized spacial score (nSPS) is 16.6. The van der Waals surface area contributed by atoms with Gasteiger partial charge in [0.15, 0.2) is 0 Å². The molecule has 2 heterocycles.